The monoisotopic (exact) mass is 770 g/mol. The number of carbonyl (C=O) groups is 2. The molecule has 0 bridgehead atoms. The maximum absolute atomic E-state index is 12.5. The second kappa shape index (κ2) is 39.9. The molecule has 0 radical (unpaired) electrons. The van der Waals surface area contributed by atoms with E-state index in [4.69, 9.17) is 24.3 Å². The van der Waals surface area contributed by atoms with Gasteiger partial charge < -0.3 is 20.1 Å². The fraction of sp³-hybridized carbons (Fsp3) is 0.814. The number of carbonyl (C=O) groups excluding carboxylic acids is 2. The quantitative estimate of drug-likeness (QED) is 0.0270. The first-order valence-electron chi connectivity index (χ1n) is 21.5. The maximum Gasteiger partial charge on any atom is 0.472 e. The minimum absolute atomic E-state index is 0.0434. The number of ether oxygens (including phenoxy) is 2. The predicted octanol–water partition coefficient (Wildman–Crippen LogP) is 12.2. The van der Waals surface area contributed by atoms with Crippen molar-refractivity contribution in [1.82, 2.24) is 0 Å². The topological polar surface area (TPSA) is 134 Å². The Balaban J connectivity index is 4.26. The third-order valence-corrected chi connectivity index (χ3v) is 10.00. The lowest BCUT2D eigenvalue weighted by atomic mass is 10.1. The van der Waals surface area contributed by atoms with Crippen molar-refractivity contribution in [2.75, 3.05) is 26.4 Å². The molecule has 0 rings (SSSR count). The van der Waals surface area contributed by atoms with Crippen molar-refractivity contribution in [3.8, 4) is 0 Å². The highest BCUT2D eigenvalue weighted by atomic mass is 31.2. The lowest BCUT2D eigenvalue weighted by molar-refractivity contribution is -0.161. The Morgan fingerprint density at radius 2 is 1.02 bits per heavy atom. The lowest BCUT2D eigenvalue weighted by Crippen LogP contribution is -2.29. The number of nitrogens with two attached hydrogens (primary N) is 1. The van der Waals surface area contributed by atoms with Crippen molar-refractivity contribution in [2.45, 2.75) is 200 Å². The van der Waals surface area contributed by atoms with Gasteiger partial charge in [0.15, 0.2) is 6.10 Å². The van der Waals surface area contributed by atoms with Gasteiger partial charge in [-0.3, -0.25) is 18.6 Å². The molecule has 0 spiro atoms. The van der Waals surface area contributed by atoms with Crippen molar-refractivity contribution in [1.29, 1.82) is 0 Å². The third kappa shape index (κ3) is 39.7. The van der Waals surface area contributed by atoms with Crippen LogP contribution in [-0.4, -0.2) is 49.3 Å². The smallest absolute Gasteiger partial charge is 0.462 e. The predicted molar refractivity (Wildman–Crippen MR) is 220 cm³/mol. The molecular formula is C43H80NO8P. The molecular weight excluding hydrogens is 689 g/mol. The average molecular weight is 770 g/mol. The summed E-state index contributed by atoms with van der Waals surface area (Å²) in [5.74, 6) is -0.936. The van der Waals surface area contributed by atoms with E-state index in [1.807, 2.05) is 6.08 Å². The highest BCUT2D eigenvalue weighted by Gasteiger charge is 2.25. The zero-order valence-electron chi connectivity index (χ0n) is 34.0. The van der Waals surface area contributed by atoms with Gasteiger partial charge in [-0.2, -0.15) is 0 Å². The van der Waals surface area contributed by atoms with E-state index in [1.165, 1.54) is 122 Å². The Bertz CT molecular complexity index is 970. The summed E-state index contributed by atoms with van der Waals surface area (Å²) in [5, 5.41) is 0. The van der Waals surface area contributed by atoms with Gasteiger partial charge in [0.1, 0.15) is 6.61 Å². The molecule has 10 heteroatoms. The molecule has 0 aliphatic rings. The van der Waals surface area contributed by atoms with Crippen LogP contribution in [0.2, 0.25) is 0 Å². The molecule has 0 amide bonds. The van der Waals surface area contributed by atoms with Gasteiger partial charge in [-0.15, -0.1) is 0 Å². The van der Waals surface area contributed by atoms with E-state index in [-0.39, 0.29) is 32.6 Å². The van der Waals surface area contributed by atoms with E-state index in [9.17, 15) is 19.0 Å². The van der Waals surface area contributed by atoms with Crippen LogP contribution in [0.3, 0.4) is 0 Å². The van der Waals surface area contributed by atoms with Crippen LogP contribution < -0.4 is 5.73 Å². The Kier molecular flexibility index (Phi) is 38.6. The second-order valence-electron chi connectivity index (χ2n) is 14.2. The minimum atomic E-state index is -4.39. The molecule has 0 aromatic heterocycles. The average Bonchev–Trinajstić information content (AvgIpc) is 3.14. The van der Waals surface area contributed by atoms with Crippen LogP contribution in [0.15, 0.2) is 36.5 Å². The van der Waals surface area contributed by atoms with E-state index in [2.05, 4.69) is 44.2 Å². The summed E-state index contributed by atoms with van der Waals surface area (Å²) in [5.41, 5.74) is 5.34. The SMILES string of the molecule is CCCCCCCCCCC/C=C/C/C=C/CCCC(=O)O[C@H](COC(=O)CC/C=C/CCCCCCCCCCCCC)COP(=O)(O)OCCN. The standard InChI is InChI=1S/C43H80NO8P/c1-3-5-7-9-11-13-15-17-19-20-22-24-26-28-30-32-34-36-43(46)52-41(40-51-53(47,48)50-38-37-44)39-49-42(45)35-33-31-29-27-25-23-21-18-16-14-12-10-8-6-4-2/h22,24,28-31,41H,3-21,23,25-27,32-40,44H2,1-2H3,(H,47,48)/b24-22+,30-28+,31-29+/t41-/m1/s1. The van der Waals surface area contributed by atoms with Crippen LogP contribution in [-0.2, 0) is 32.7 Å². The molecule has 310 valence electrons. The van der Waals surface area contributed by atoms with Crippen molar-refractivity contribution in [2.24, 2.45) is 5.73 Å². The van der Waals surface area contributed by atoms with Crippen LogP contribution in [0.5, 0.6) is 0 Å². The van der Waals surface area contributed by atoms with Crippen LogP contribution in [0.4, 0.5) is 0 Å². The van der Waals surface area contributed by atoms with Crippen molar-refractivity contribution >= 4 is 19.8 Å². The number of hydrogen-bond acceptors (Lipinski definition) is 8. The largest absolute Gasteiger partial charge is 0.472 e. The molecule has 0 aromatic carbocycles. The molecule has 0 heterocycles. The fourth-order valence-corrected chi connectivity index (χ4v) is 6.57. The van der Waals surface area contributed by atoms with Gasteiger partial charge in [-0.25, -0.2) is 4.57 Å². The molecule has 0 aromatic rings. The number of phosphoric ester groups is 1. The summed E-state index contributed by atoms with van der Waals surface area (Å²) in [6.45, 7) is 3.65. The first-order valence-corrected chi connectivity index (χ1v) is 23.0. The Labute approximate surface area is 324 Å². The van der Waals surface area contributed by atoms with Crippen molar-refractivity contribution in [3.63, 3.8) is 0 Å². The number of esters is 2. The van der Waals surface area contributed by atoms with E-state index < -0.39 is 32.5 Å². The van der Waals surface area contributed by atoms with Gasteiger partial charge in [0, 0.05) is 19.4 Å². The third-order valence-electron chi connectivity index (χ3n) is 9.01. The summed E-state index contributed by atoms with van der Waals surface area (Å²) in [6, 6.07) is 0. The fourth-order valence-electron chi connectivity index (χ4n) is 5.81. The lowest BCUT2D eigenvalue weighted by Gasteiger charge is -2.19. The van der Waals surface area contributed by atoms with Crippen LogP contribution in [0.25, 0.3) is 0 Å². The molecule has 0 saturated carbocycles. The Morgan fingerprint density at radius 3 is 1.53 bits per heavy atom. The summed E-state index contributed by atoms with van der Waals surface area (Å²) >= 11 is 0. The zero-order chi connectivity index (χ0) is 38.9. The van der Waals surface area contributed by atoms with Gasteiger partial charge in [-0.05, 0) is 51.4 Å². The van der Waals surface area contributed by atoms with Gasteiger partial charge in [0.05, 0.1) is 13.2 Å². The number of rotatable bonds is 40. The highest BCUT2D eigenvalue weighted by Crippen LogP contribution is 2.43. The van der Waals surface area contributed by atoms with E-state index in [1.54, 1.807) is 0 Å². The molecule has 0 fully saturated rings. The van der Waals surface area contributed by atoms with Gasteiger partial charge in [0.2, 0.25) is 0 Å². The summed E-state index contributed by atoms with van der Waals surface area (Å²) in [6.07, 6.45) is 43.4. The molecule has 0 aliphatic heterocycles. The van der Waals surface area contributed by atoms with Crippen molar-refractivity contribution < 1.29 is 37.6 Å². The second-order valence-corrected chi connectivity index (χ2v) is 15.7. The summed E-state index contributed by atoms with van der Waals surface area (Å²) in [4.78, 5) is 34.8. The molecule has 3 N–H and O–H groups in total. The van der Waals surface area contributed by atoms with Gasteiger partial charge in [-0.1, -0.05) is 166 Å². The molecule has 0 saturated heterocycles. The summed E-state index contributed by atoms with van der Waals surface area (Å²) < 4.78 is 32.6. The highest BCUT2D eigenvalue weighted by molar-refractivity contribution is 7.47. The normalized spacial score (nSPS) is 13.7. The number of phosphoric acid groups is 1. The van der Waals surface area contributed by atoms with E-state index in [0.29, 0.717) is 12.8 Å². The number of allylic oxidation sites excluding steroid dienone is 6. The molecule has 2 atom stereocenters. The van der Waals surface area contributed by atoms with E-state index >= 15 is 0 Å². The minimum Gasteiger partial charge on any atom is -0.462 e. The van der Waals surface area contributed by atoms with Crippen LogP contribution in [0, 0.1) is 0 Å². The zero-order valence-corrected chi connectivity index (χ0v) is 34.9. The maximum atomic E-state index is 12.5. The van der Waals surface area contributed by atoms with Crippen LogP contribution in [0.1, 0.15) is 194 Å². The Morgan fingerprint density at radius 1 is 0.566 bits per heavy atom. The molecule has 53 heavy (non-hydrogen) atoms. The van der Waals surface area contributed by atoms with E-state index in [0.717, 1.165) is 32.1 Å². The van der Waals surface area contributed by atoms with Crippen molar-refractivity contribution in [3.05, 3.63) is 36.5 Å². The number of unbranched alkanes of at least 4 members (excludes halogenated alkanes) is 21. The van der Waals surface area contributed by atoms with Crippen LogP contribution >= 0.6 is 7.82 Å². The molecule has 0 aliphatic carbocycles. The van der Waals surface area contributed by atoms with Gasteiger partial charge in [0.25, 0.3) is 0 Å². The Hall–Kier alpha value is -1.77. The first-order chi connectivity index (χ1) is 25.8. The van der Waals surface area contributed by atoms with Gasteiger partial charge >= 0.3 is 19.8 Å². The summed E-state index contributed by atoms with van der Waals surface area (Å²) in [7, 11) is -4.39. The first kappa shape index (κ1) is 51.2. The number of hydrogen-bond donors (Lipinski definition) is 2. The molecule has 9 nitrogen and oxygen atoms in total. The molecule has 1 unspecified atom stereocenters.